The van der Waals surface area contributed by atoms with Crippen molar-refractivity contribution in [3.63, 3.8) is 0 Å². The number of halogens is 2. The van der Waals surface area contributed by atoms with E-state index in [1.54, 1.807) is 0 Å². The molecule has 0 bridgehead atoms. The predicted octanol–water partition coefficient (Wildman–Crippen LogP) is 3.68. The van der Waals surface area contributed by atoms with E-state index in [2.05, 4.69) is 53.0 Å². The Labute approximate surface area is 116 Å². The van der Waals surface area contributed by atoms with Crippen LogP contribution in [0.5, 0.6) is 0 Å². The van der Waals surface area contributed by atoms with Gasteiger partial charge in [-0.25, -0.2) is 0 Å². The molecule has 1 N–H and O–H groups in total. The molecule has 0 spiro atoms. The Morgan fingerprint density at radius 1 is 1.47 bits per heavy atom. The van der Waals surface area contributed by atoms with Gasteiger partial charge in [-0.3, -0.25) is 0 Å². The topological polar surface area (TPSA) is 15.3 Å². The van der Waals surface area contributed by atoms with Gasteiger partial charge in [0.2, 0.25) is 0 Å². The van der Waals surface area contributed by atoms with E-state index in [-0.39, 0.29) is 5.54 Å². The summed E-state index contributed by atoms with van der Waals surface area (Å²) < 4.78 is 0.949. The van der Waals surface area contributed by atoms with E-state index in [0.29, 0.717) is 6.04 Å². The molecular formula is C13H18BrClN2. The van der Waals surface area contributed by atoms with E-state index in [1.165, 1.54) is 5.69 Å². The first-order valence-corrected chi connectivity index (χ1v) is 7.03. The Morgan fingerprint density at radius 2 is 2.18 bits per heavy atom. The van der Waals surface area contributed by atoms with Gasteiger partial charge in [0.25, 0.3) is 0 Å². The molecule has 0 radical (unpaired) electrons. The van der Waals surface area contributed by atoms with Crippen LogP contribution in [0.25, 0.3) is 0 Å². The van der Waals surface area contributed by atoms with Crippen molar-refractivity contribution >= 4 is 33.2 Å². The fourth-order valence-electron chi connectivity index (χ4n) is 2.18. The van der Waals surface area contributed by atoms with Gasteiger partial charge in [0, 0.05) is 34.8 Å². The van der Waals surface area contributed by atoms with Crippen molar-refractivity contribution in [3.8, 4) is 0 Å². The van der Waals surface area contributed by atoms with Gasteiger partial charge in [0.1, 0.15) is 0 Å². The zero-order valence-corrected chi connectivity index (χ0v) is 12.8. The summed E-state index contributed by atoms with van der Waals surface area (Å²) in [7, 11) is 0. The van der Waals surface area contributed by atoms with Crippen LogP contribution in [0, 0.1) is 0 Å². The van der Waals surface area contributed by atoms with E-state index in [0.717, 1.165) is 22.6 Å². The lowest BCUT2D eigenvalue weighted by Crippen LogP contribution is -2.61. The molecule has 0 aliphatic carbocycles. The number of hydrogen-bond acceptors (Lipinski definition) is 2. The molecule has 2 rings (SSSR count). The summed E-state index contributed by atoms with van der Waals surface area (Å²) in [6, 6.07) is 6.65. The van der Waals surface area contributed by atoms with E-state index in [1.807, 2.05) is 12.1 Å². The SMILES string of the molecule is CC1CNC(C)(C)CN1c1ccc(Br)c(Cl)c1. The van der Waals surface area contributed by atoms with Gasteiger partial charge in [-0.1, -0.05) is 11.6 Å². The molecule has 1 saturated heterocycles. The Bertz CT molecular complexity index is 420. The summed E-state index contributed by atoms with van der Waals surface area (Å²) in [5.41, 5.74) is 1.34. The molecule has 94 valence electrons. The fraction of sp³-hybridized carbons (Fsp3) is 0.538. The maximum atomic E-state index is 6.16. The second-order valence-electron chi connectivity index (χ2n) is 5.34. The predicted molar refractivity (Wildman–Crippen MR) is 78.0 cm³/mol. The van der Waals surface area contributed by atoms with Gasteiger partial charge in [-0.05, 0) is 54.9 Å². The highest BCUT2D eigenvalue weighted by atomic mass is 79.9. The first-order valence-electron chi connectivity index (χ1n) is 5.86. The third-order valence-corrected chi connectivity index (χ3v) is 4.44. The zero-order valence-electron chi connectivity index (χ0n) is 10.4. The Kier molecular flexibility index (Phi) is 3.71. The lowest BCUT2D eigenvalue weighted by Gasteiger charge is -2.44. The molecule has 1 aliphatic rings. The molecule has 1 aromatic carbocycles. The van der Waals surface area contributed by atoms with Crippen LogP contribution in [-0.4, -0.2) is 24.7 Å². The smallest absolute Gasteiger partial charge is 0.0568 e. The lowest BCUT2D eigenvalue weighted by atomic mass is 9.98. The molecule has 17 heavy (non-hydrogen) atoms. The Balaban J connectivity index is 2.28. The molecule has 0 amide bonds. The monoisotopic (exact) mass is 316 g/mol. The van der Waals surface area contributed by atoms with E-state index in [9.17, 15) is 0 Å². The molecule has 1 aromatic rings. The van der Waals surface area contributed by atoms with Crippen molar-refractivity contribution in [1.82, 2.24) is 5.32 Å². The van der Waals surface area contributed by atoms with Crippen LogP contribution >= 0.6 is 27.5 Å². The molecule has 4 heteroatoms. The van der Waals surface area contributed by atoms with Crippen molar-refractivity contribution in [2.24, 2.45) is 0 Å². The van der Waals surface area contributed by atoms with Gasteiger partial charge in [0.15, 0.2) is 0 Å². The normalized spacial score (nSPS) is 23.8. The number of nitrogens with zero attached hydrogens (tertiary/aromatic N) is 1. The van der Waals surface area contributed by atoms with Crippen LogP contribution in [0.1, 0.15) is 20.8 Å². The molecule has 1 fully saturated rings. The standard InChI is InChI=1S/C13H18BrClN2/c1-9-7-16-13(2,3)8-17(9)10-4-5-11(14)12(15)6-10/h4-6,9,16H,7-8H2,1-3H3. The molecular weight excluding hydrogens is 300 g/mol. The minimum atomic E-state index is 0.145. The number of anilines is 1. The zero-order chi connectivity index (χ0) is 12.6. The summed E-state index contributed by atoms with van der Waals surface area (Å²) in [4.78, 5) is 2.41. The Hall–Kier alpha value is -0.250. The summed E-state index contributed by atoms with van der Waals surface area (Å²) >= 11 is 9.59. The fourth-order valence-corrected chi connectivity index (χ4v) is 2.60. The largest absolute Gasteiger partial charge is 0.366 e. The van der Waals surface area contributed by atoms with Crippen molar-refractivity contribution < 1.29 is 0 Å². The van der Waals surface area contributed by atoms with Gasteiger partial charge in [0.05, 0.1) is 5.02 Å². The second kappa shape index (κ2) is 4.79. The molecule has 0 aromatic heterocycles. The molecule has 1 heterocycles. The van der Waals surface area contributed by atoms with Gasteiger partial charge >= 0.3 is 0 Å². The van der Waals surface area contributed by atoms with Crippen LogP contribution < -0.4 is 10.2 Å². The minimum Gasteiger partial charge on any atom is -0.366 e. The molecule has 1 aliphatic heterocycles. The quantitative estimate of drug-likeness (QED) is 0.850. The van der Waals surface area contributed by atoms with Crippen molar-refractivity contribution in [2.75, 3.05) is 18.0 Å². The van der Waals surface area contributed by atoms with Crippen LogP contribution in [0.15, 0.2) is 22.7 Å². The van der Waals surface area contributed by atoms with E-state index >= 15 is 0 Å². The maximum absolute atomic E-state index is 6.16. The highest BCUT2D eigenvalue weighted by Gasteiger charge is 2.30. The third-order valence-electron chi connectivity index (χ3n) is 3.21. The van der Waals surface area contributed by atoms with Gasteiger partial charge in [-0.15, -0.1) is 0 Å². The number of benzene rings is 1. The second-order valence-corrected chi connectivity index (χ2v) is 6.60. The molecule has 1 unspecified atom stereocenters. The Morgan fingerprint density at radius 3 is 2.82 bits per heavy atom. The summed E-state index contributed by atoms with van der Waals surface area (Å²) in [5.74, 6) is 0. The van der Waals surface area contributed by atoms with Crippen LogP contribution in [-0.2, 0) is 0 Å². The highest BCUT2D eigenvalue weighted by molar-refractivity contribution is 9.10. The average Bonchev–Trinajstić information content (AvgIpc) is 2.26. The van der Waals surface area contributed by atoms with E-state index in [4.69, 9.17) is 11.6 Å². The lowest BCUT2D eigenvalue weighted by molar-refractivity contribution is 0.318. The number of hydrogen-bond donors (Lipinski definition) is 1. The van der Waals surface area contributed by atoms with Crippen molar-refractivity contribution in [3.05, 3.63) is 27.7 Å². The number of nitrogens with one attached hydrogen (secondary N) is 1. The molecule has 1 atom stereocenters. The summed E-state index contributed by atoms with van der Waals surface area (Å²) in [6.45, 7) is 8.68. The number of piperazine rings is 1. The molecule has 2 nitrogen and oxygen atoms in total. The third kappa shape index (κ3) is 2.95. The summed E-state index contributed by atoms with van der Waals surface area (Å²) in [6.07, 6.45) is 0. The van der Waals surface area contributed by atoms with Crippen LogP contribution in [0.2, 0.25) is 5.02 Å². The van der Waals surface area contributed by atoms with Crippen molar-refractivity contribution in [2.45, 2.75) is 32.4 Å². The van der Waals surface area contributed by atoms with Crippen LogP contribution in [0.4, 0.5) is 5.69 Å². The summed E-state index contributed by atoms with van der Waals surface area (Å²) in [5, 5.41) is 4.32. The minimum absolute atomic E-state index is 0.145. The first-order chi connectivity index (χ1) is 7.89. The average molecular weight is 318 g/mol. The maximum Gasteiger partial charge on any atom is 0.0568 e. The number of rotatable bonds is 1. The van der Waals surface area contributed by atoms with E-state index < -0.39 is 0 Å². The molecule has 0 saturated carbocycles. The van der Waals surface area contributed by atoms with Crippen LogP contribution in [0.3, 0.4) is 0 Å². The first kappa shape index (κ1) is 13.2. The van der Waals surface area contributed by atoms with Crippen molar-refractivity contribution in [1.29, 1.82) is 0 Å². The van der Waals surface area contributed by atoms with Gasteiger partial charge in [-0.2, -0.15) is 0 Å². The van der Waals surface area contributed by atoms with Gasteiger partial charge < -0.3 is 10.2 Å². The highest BCUT2D eigenvalue weighted by Crippen LogP contribution is 2.30.